The zero-order chi connectivity index (χ0) is 20.6. The predicted molar refractivity (Wildman–Crippen MR) is 103 cm³/mol. The first-order valence-electron chi connectivity index (χ1n) is 8.84. The van der Waals surface area contributed by atoms with Crippen LogP contribution >= 0.6 is 0 Å². The van der Waals surface area contributed by atoms with Crippen molar-refractivity contribution in [3.05, 3.63) is 78.3 Å². The van der Waals surface area contributed by atoms with Crippen molar-refractivity contribution in [3.8, 4) is 17.4 Å². The molecule has 0 N–H and O–H groups in total. The molecule has 2 aromatic carbocycles. The molecule has 6 nitrogen and oxygen atoms in total. The molecule has 0 unspecified atom stereocenters. The number of benzene rings is 2. The van der Waals surface area contributed by atoms with Gasteiger partial charge in [-0.25, -0.2) is 9.18 Å². The standard InChI is InChI=1S/C22H17FN2O4/c23-17-9-7-16(8-10-17)19-11-12-20(29-19)22(27)28-15-21(26)25(14-4-13-24)18-5-2-1-3-6-18/h1-3,5-12H,4,14-15H2. The first kappa shape index (κ1) is 19.8. The van der Waals surface area contributed by atoms with Crippen LogP contribution in [-0.2, 0) is 9.53 Å². The molecular formula is C22H17FN2O4. The SMILES string of the molecule is N#CCCN(C(=O)COC(=O)c1ccc(-c2ccc(F)cc2)o1)c1ccccc1. The molecule has 3 rings (SSSR count). The van der Waals surface area contributed by atoms with Gasteiger partial charge in [0, 0.05) is 17.8 Å². The van der Waals surface area contributed by atoms with Gasteiger partial charge in [-0.1, -0.05) is 18.2 Å². The molecule has 0 fully saturated rings. The number of furan rings is 1. The van der Waals surface area contributed by atoms with Crippen LogP contribution in [0.25, 0.3) is 11.3 Å². The maximum absolute atomic E-state index is 13.0. The van der Waals surface area contributed by atoms with Crippen molar-refractivity contribution in [1.82, 2.24) is 0 Å². The molecule has 146 valence electrons. The highest BCUT2D eigenvalue weighted by Gasteiger charge is 2.20. The number of esters is 1. The van der Waals surface area contributed by atoms with E-state index in [1.165, 1.54) is 35.2 Å². The second-order valence-corrected chi connectivity index (χ2v) is 6.04. The Bertz CT molecular complexity index is 1020. The zero-order valence-electron chi connectivity index (χ0n) is 15.4. The number of hydrogen-bond donors (Lipinski definition) is 0. The van der Waals surface area contributed by atoms with Crippen LogP contribution in [-0.4, -0.2) is 25.0 Å². The van der Waals surface area contributed by atoms with Crippen LogP contribution in [0.4, 0.5) is 10.1 Å². The molecule has 0 saturated carbocycles. The van der Waals surface area contributed by atoms with Gasteiger partial charge in [-0.3, -0.25) is 4.79 Å². The summed E-state index contributed by atoms with van der Waals surface area (Å²) in [7, 11) is 0. The van der Waals surface area contributed by atoms with Gasteiger partial charge < -0.3 is 14.1 Å². The molecule has 1 amide bonds. The van der Waals surface area contributed by atoms with Crippen molar-refractivity contribution < 1.29 is 23.1 Å². The number of nitrogens with zero attached hydrogens (tertiary/aromatic N) is 2. The van der Waals surface area contributed by atoms with Crippen LogP contribution in [0.1, 0.15) is 17.0 Å². The van der Waals surface area contributed by atoms with E-state index >= 15 is 0 Å². The molecule has 1 aromatic heterocycles. The van der Waals surface area contributed by atoms with Crippen LogP contribution in [0.5, 0.6) is 0 Å². The van der Waals surface area contributed by atoms with Crippen molar-refractivity contribution in [2.45, 2.75) is 6.42 Å². The van der Waals surface area contributed by atoms with E-state index in [0.29, 0.717) is 17.0 Å². The number of amides is 1. The lowest BCUT2D eigenvalue weighted by atomic mass is 10.2. The fraction of sp³-hybridized carbons (Fsp3) is 0.136. The molecule has 0 bridgehead atoms. The van der Waals surface area contributed by atoms with Gasteiger partial charge >= 0.3 is 5.97 Å². The summed E-state index contributed by atoms with van der Waals surface area (Å²) in [4.78, 5) is 26.1. The third kappa shape index (κ3) is 5.08. The van der Waals surface area contributed by atoms with Crippen LogP contribution < -0.4 is 4.90 Å². The molecule has 0 radical (unpaired) electrons. The Kier molecular flexibility index (Phi) is 6.38. The molecule has 0 aliphatic heterocycles. The van der Waals surface area contributed by atoms with Gasteiger partial charge in [0.15, 0.2) is 6.61 Å². The van der Waals surface area contributed by atoms with Gasteiger partial charge in [-0.2, -0.15) is 5.26 Å². The predicted octanol–water partition coefficient (Wildman–Crippen LogP) is 4.19. The van der Waals surface area contributed by atoms with Gasteiger partial charge in [0.05, 0.1) is 12.5 Å². The minimum Gasteiger partial charge on any atom is -0.450 e. The summed E-state index contributed by atoms with van der Waals surface area (Å²) in [6, 6.07) is 19.4. The topological polar surface area (TPSA) is 83.5 Å². The Morgan fingerprint density at radius 3 is 2.45 bits per heavy atom. The lowest BCUT2D eigenvalue weighted by Crippen LogP contribution is -2.35. The summed E-state index contributed by atoms with van der Waals surface area (Å²) < 4.78 is 23.5. The van der Waals surface area contributed by atoms with E-state index in [4.69, 9.17) is 14.4 Å². The molecule has 3 aromatic rings. The lowest BCUT2D eigenvalue weighted by molar-refractivity contribution is -0.121. The van der Waals surface area contributed by atoms with Crippen LogP contribution in [0.3, 0.4) is 0 Å². The van der Waals surface area contributed by atoms with Crippen molar-refractivity contribution in [2.75, 3.05) is 18.1 Å². The Balaban J connectivity index is 1.64. The average Bonchev–Trinajstić information content (AvgIpc) is 3.24. The molecule has 29 heavy (non-hydrogen) atoms. The van der Waals surface area contributed by atoms with E-state index in [1.54, 1.807) is 30.3 Å². The molecule has 0 spiro atoms. The van der Waals surface area contributed by atoms with E-state index in [-0.39, 0.29) is 24.5 Å². The molecule has 0 aliphatic carbocycles. The second-order valence-electron chi connectivity index (χ2n) is 6.04. The summed E-state index contributed by atoms with van der Waals surface area (Å²) in [5.41, 5.74) is 1.22. The summed E-state index contributed by atoms with van der Waals surface area (Å²) in [5, 5.41) is 8.82. The Hall–Kier alpha value is -3.92. The number of hydrogen-bond acceptors (Lipinski definition) is 5. The molecule has 0 atom stereocenters. The van der Waals surface area contributed by atoms with Crippen molar-refractivity contribution in [3.63, 3.8) is 0 Å². The average molecular weight is 392 g/mol. The molecular weight excluding hydrogens is 375 g/mol. The number of anilines is 1. The highest BCUT2D eigenvalue weighted by atomic mass is 19.1. The number of ether oxygens (including phenoxy) is 1. The molecule has 7 heteroatoms. The Labute approximate surface area is 166 Å². The van der Waals surface area contributed by atoms with Crippen molar-refractivity contribution >= 4 is 17.6 Å². The fourth-order valence-electron chi connectivity index (χ4n) is 2.66. The monoisotopic (exact) mass is 392 g/mol. The number of nitriles is 1. The van der Waals surface area contributed by atoms with Gasteiger partial charge in [0.2, 0.25) is 5.76 Å². The number of rotatable bonds is 7. The number of carbonyl (C=O) groups is 2. The minimum absolute atomic E-state index is 0.0691. The second kappa shape index (κ2) is 9.33. The van der Waals surface area contributed by atoms with Gasteiger partial charge in [-0.15, -0.1) is 0 Å². The maximum atomic E-state index is 13.0. The van der Waals surface area contributed by atoms with Crippen LogP contribution in [0.2, 0.25) is 0 Å². The van der Waals surface area contributed by atoms with Crippen LogP contribution in [0.15, 0.2) is 71.1 Å². The van der Waals surface area contributed by atoms with Gasteiger partial charge in [0.25, 0.3) is 5.91 Å². The molecule has 0 saturated heterocycles. The first-order valence-corrected chi connectivity index (χ1v) is 8.84. The molecule has 1 heterocycles. The smallest absolute Gasteiger partial charge is 0.374 e. The van der Waals surface area contributed by atoms with E-state index in [1.807, 2.05) is 12.1 Å². The zero-order valence-corrected chi connectivity index (χ0v) is 15.4. The van der Waals surface area contributed by atoms with Crippen LogP contribution in [0, 0.1) is 17.1 Å². The van der Waals surface area contributed by atoms with E-state index < -0.39 is 18.5 Å². The molecule has 0 aliphatic rings. The van der Waals surface area contributed by atoms with Crippen molar-refractivity contribution in [1.29, 1.82) is 5.26 Å². The Morgan fingerprint density at radius 2 is 1.76 bits per heavy atom. The van der Waals surface area contributed by atoms with E-state index in [9.17, 15) is 14.0 Å². The Morgan fingerprint density at radius 1 is 1.03 bits per heavy atom. The summed E-state index contributed by atoms with van der Waals surface area (Å²) in [6.45, 7) is -0.307. The summed E-state index contributed by atoms with van der Waals surface area (Å²) in [6.07, 6.45) is 0.147. The normalized spacial score (nSPS) is 10.2. The lowest BCUT2D eigenvalue weighted by Gasteiger charge is -2.21. The van der Waals surface area contributed by atoms with Gasteiger partial charge in [0.1, 0.15) is 11.6 Å². The highest BCUT2D eigenvalue weighted by Crippen LogP contribution is 2.23. The van der Waals surface area contributed by atoms with Gasteiger partial charge in [-0.05, 0) is 48.5 Å². The quantitative estimate of drug-likeness (QED) is 0.563. The fourth-order valence-corrected chi connectivity index (χ4v) is 2.66. The van der Waals surface area contributed by atoms with E-state index in [2.05, 4.69) is 0 Å². The maximum Gasteiger partial charge on any atom is 0.374 e. The largest absolute Gasteiger partial charge is 0.450 e. The number of carbonyl (C=O) groups excluding carboxylic acids is 2. The minimum atomic E-state index is -0.792. The summed E-state index contributed by atoms with van der Waals surface area (Å²) in [5.74, 6) is -1.31. The van der Waals surface area contributed by atoms with Crippen molar-refractivity contribution in [2.24, 2.45) is 0 Å². The third-order valence-electron chi connectivity index (χ3n) is 4.08. The van der Waals surface area contributed by atoms with E-state index in [0.717, 1.165) is 0 Å². The first-order chi connectivity index (χ1) is 14.1. The number of halogens is 1. The third-order valence-corrected chi connectivity index (χ3v) is 4.08. The number of para-hydroxylation sites is 1. The highest BCUT2D eigenvalue weighted by molar-refractivity contribution is 5.96. The summed E-state index contributed by atoms with van der Waals surface area (Å²) >= 11 is 0.